The SMILES string of the molecule is CNc1c(F)cccc1C(=O)NCC(C)C(C)C. The number of halogens is 1. The number of hydrogen-bond acceptors (Lipinski definition) is 2. The van der Waals surface area contributed by atoms with E-state index in [4.69, 9.17) is 0 Å². The van der Waals surface area contributed by atoms with Gasteiger partial charge in [-0.25, -0.2) is 4.39 Å². The molecule has 2 N–H and O–H groups in total. The van der Waals surface area contributed by atoms with Crippen molar-refractivity contribution in [3.8, 4) is 0 Å². The maximum atomic E-state index is 13.5. The van der Waals surface area contributed by atoms with Crippen LogP contribution in [0.3, 0.4) is 0 Å². The Kier molecular flexibility index (Phi) is 5.13. The second kappa shape index (κ2) is 6.38. The second-order valence-corrected chi connectivity index (χ2v) is 4.84. The van der Waals surface area contributed by atoms with E-state index in [-0.39, 0.29) is 11.6 Å². The summed E-state index contributed by atoms with van der Waals surface area (Å²) in [6, 6.07) is 4.49. The molecule has 0 aliphatic heterocycles. The van der Waals surface area contributed by atoms with Gasteiger partial charge in [-0.3, -0.25) is 4.79 Å². The average molecular weight is 252 g/mol. The average Bonchev–Trinajstić information content (AvgIpc) is 2.34. The number of rotatable bonds is 5. The Balaban J connectivity index is 2.76. The lowest BCUT2D eigenvalue weighted by atomic mass is 9.98. The maximum absolute atomic E-state index is 13.5. The fourth-order valence-corrected chi connectivity index (χ4v) is 1.55. The second-order valence-electron chi connectivity index (χ2n) is 4.84. The number of nitrogens with one attached hydrogen (secondary N) is 2. The van der Waals surface area contributed by atoms with Gasteiger partial charge < -0.3 is 10.6 Å². The molecule has 3 nitrogen and oxygen atoms in total. The van der Waals surface area contributed by atoms with E-state index in [2.05, 4.69) is 31.4 Å². The summed E-state index contributed by atoms with van der Waals surface area (Å²) in [7, 11) is 1.60. The molecule has 0 saturated carbocycles. The number of para-hydroxylation sites is 1. The van der Waals surface area contributed by atoms with Crippen LogP contribution in [0.2, 0.25) is 0 Å². The normalized spacial score (nSPS) is 12.3. The topological polar surface area (TPSA) is 41.1 Å². The number of hydrogen-bond donors (Lipinski definition) is 2. The van der Waals surface area contributed by atoms with E-state index in [1.165, 1.54) is 12.1 Å². The smallest absolute Gasteiger partial charge is 0.253 e. The van der Waals surface area contributed by atoms with Crippen molar-refractivity contribution >= 4 is 11.6 Å². The molecule has 1 amide bonds. The molecule has 0 saturated heterocycles. The van der Waals surface area contributed by atoms with Crippen LogP contribution in [0.15, 0.2) is 18.2 Å². The fraction of sp³-hybridized carbons (Fsp3) is 0.500. The van der Waals surface area contributed by atoms with E-state index in [0.717, 1.165) is 0 Å². The zero-order valence-corrected chi connectivity index (χ0v) is 11.4. The highest BCUT2D eigenvalue weighted by molar-refractivity contribution is 5.99. The van der Waals surface area contributed by atoms with Gasteiger partial charge in [-0.05, 0) is 24.0 Å². The quantitative estimate of drug-likeness (QED) is 0.846. The van der Waals surface area contributed by atoms with Gasteiger partial charge in [0.15, 0.2) is 0 Å². The first-order valence-electron chi connectivity index (χ1n) is 6.21. The van der Waals surface area contributed by atoms with Crippen LogP contribution in [0, 0.1) is 17.7 Å². The lowest BCUT2D eigenvalue weighted by Crippen LogP contribution is -2.30. The first-order valence-corrected chi connectivity index (χ1v) is 6.21. The van der Waals surface area contributed by atoms with Crippen molar-refractivity contribution in [2.24, 2.45) is 11.8 Å². The van der Waals surface area contributed by atoms with Crippen LogP contribution in [0.1, 0.15) is 31.1 Å². The summed E-state index contributed by atoms with van der Waals surface area (Å²) in [5, 5.41) is 5.56. The van der Waals surface area contributed by atoms with Crippen LogP contribution in [-0.2, 0) is 0 Å². The summed E-state index contributed by atoms with van der Waals surface area (Å²) in [5.41, 5.74) is 0.584. The minimum Gasteiger partial charge on any atom is -0.385 e. The Hall–Kier alpha value is -1.58. The largest absolute Gasteiger partial charge is 0.385 e. The molecule has 1 atom stereocenters. The van der Waals surface area contributed by atoms with Gasteiger partial charge in [0.2, 0.25) is 0 Å². The number of carbonyl (C=O) groups is 1. The highest BCUT2D eigenvalue weighted by Crippen LogP contribution is 2.19. The van der Waals surface area contributed by atoms with Crippen LogP contribution in [-0.4, -0.2) is 19.5 Å². The Labute approximate surface area is 108 Å². The van der Waals surface area contributed by atoms with Gasteiger partial charge in [-0.15, -0.1) is 0 Å². The van der Waals surface area contributed by atoms with E-state index in [1.54, 1.807) is 13.1 Å². The fourth-order valence-electron chi connectivity index (χ4n) is 1.55. The molecule has 0 radical (unpaired) electrons. The van der Waals surface area contributed by atoms with Crippen LogP contribution in [0.4, 0.5) is 10.1 Å². The van der Waals surface area contributed by atoms with Gasteiger partial charge >= 0.3 is 0 Å². The standard InChI is InChI=1S/C14H21FN2O/c1-9(2)10(3)8-17-14(18)11-6-5-7-12(15)13(11)16-4/h5-7,9-10,16H,8H2,1-4H3,(H,17,18). The van der Waals surface area contributed by atoms with Gasteiger partial charge in [0.05, 0.1) is 11.3 Å². The number of benzene rings is 1. The van der Waals surface area contributed by atoms with Crippen molar-refractivity contribution in [1.82, 2.24) is 5.32 Å². The molecule has 0 spiro atoms. The molecule has 0 heterocycles. The minimum atomic E-state index is -0.415. The molecular formula is C14H21FN2O. The molecular weight excluding hydrogens is 231 g/mol. The molecule has 4 heteroatoms. The Bertz CT molecular complexity index is 418. The van der Waals surface area contributed by atoms with Crippen LogP contribution in [0.25, 0.3) is 0 Å². The molecule has 1 rings (SSSR count). The predicted octanol–water partition coefficient (Wildman–Crippen LogP) is 2.89. The molecule has 0 aliphatic rings. The summed E-state index contributed by atoms with van der Waals surface area (Å²) < 4.78 is 13.5. The van der Waals surface area contributed by atoms with Gasteiger partial charge in [0.1, 0.15) is 5.82 Å². The molecule has 0 aromatic heterocycles. The first kappa shape index (κ1) is 14.5. The lowest BCUT2D eigenvalue weighted by Gasteiger charge is -2.17. The summed E-state index contributed by atoms with van der Waals surface area (Å²) >= 11 is 0. The van der Waals surface area contributed by atoms with E-state index in [9.17, 15) is 9.18 Å². The number of carbonyl (C=O) groups excluding carboxylic acids is 1. The minimum absolute atomic E-state index is 0.243. The van der Waals surface area contributed by atoms with Gasteiger partial charge in [0.25, 0.3) is 5.91 Å². The Morgan fingerprint density at radius 2 is 2.00 bits per heavy atom. The summed E-state index contributed by atoms with van der Waals surface area (Å²) in [5.74, 6) is 0.232. The Morgan fingerprint density at radius 1 is 1.33 bits per heavy atom. The zero-order valence-electron chi connectivity index (χ0n) is 11.4. The van der Waals surface area contributed by atoms with Crippen LogP contribution in [0.5, 0.6) is 0 Å². The van der Waals surface area contributed by atoms with E-state index in [0.29, 0.717) is 23.9 Å². The molecule has 1 unspecified atom stereocenters. The van der Waals surface area contributed by atoms with Crippen molar-refractivity contribution in [3.63, 3.8) is 0 Å². The molecule has 0 fully saturated rings. The molecule has 0 aliphatic carbocycles. The first-order chi connectivity index (χ1) is 8.47. The monoisotopic (exact) mass is 252 g/mol. The van der Waals surface area contributed by atoms with Crippen LogP contribution < -0.4 is 10.6 Å². The molecule has 0 bridgehead atoms. The highest BCUT2D eigenvalue weighted by atomic mass is 19.1. The third-order valence-corrected chi connectivity index (χ3v) is 3.23. The molecule has 18 heavy (non-hydrogen) atoms. The number of anilines is 1. The van der Waals surface area contributed by atoms with Gasteiger partial charge in [-0.1, -0.05) is 26.8 Å². The van der Waals surface area contributed by atoms with E-state index < -0.39 is 5.82 Å². The third-order valence-electron chi connectivity index (χ3n) is 3.23. The summed E-state index contributed by atoms with van der Waals surface area (Å²) in [6.45, 7) is 6.89. The van der Waals surface area contributed by atoms with Gasteiger partial charge in [0, 0.05) is 13.6 Å². The highest BCUT2D eigenvalue weighted by Gasteiger charge is 2.15. The van der Waals surface area contributed by atoms with Crippen molar-refractivity contribution in [2.45, 2.75) is 20.8 Å². The maximum Gasteiger partial charge on any atom is 0.253 e. The predicted molar refractivity (Wildman–Crippen MR) is 72.3 cm³/mol. The van der Waals surface area contributed by atoms with Crippen molar-refractivity contribution < 1.29 is 9.18 Å². The van der Waals surface area contributed by atoms with E-state index >= 15 is 0 Å². The lowest BCUT2D eigenvalue weighted by molar-refractivity contribution is 0.0945. The van der Waals surface area contributed by atoms with Crippen molar-refractivity contribution in [3.05, 3.63) is 29.6 Å². The van der Waals surface area contributed by atoms with Crippen molar-refractivity contribution in [1.29, 1.82) is 0 Å². The Morgan fingerprint density at radius 3 is 2.56 bits per heavy atom. The number of amides is 1. The van der Waals surface area contributed by atoms with Crippen LogP contribution >= 0.6 is 0 Å². The molecule has 1 aromatic carbocycles. The van der Waals surface area contributed by atoms with Gasteiger partial charge in [-0.2, -0.15) is 0 Å². The summed E-state index contributed by atoms with van der Waals surface area (Å²) in [6.07, 6.45) is 0. The van der Waals surface area contributed by atoms with Crippen molar-refractivity contribution in [2.75, 3.05) is 18.9 Å². The third kappa shape index (κ3) is 3.45. The molecule has 1 aromatic rings. The van der Waals surface area contributed by atoms with E-state index in [1.807, 2.05) is 0 Å². The zero-order chi connectivity index (χ0) is 13.7. The molecule has 100 valence electrons. The summed E-state index contributed by atoms with van der Waals surface area (Å²) in [4.78, 5) is 12.0.